The van der Waals surface area contributed by atoms with Crippen LogP contribution in [0.15, 0.2) is 35.9 Å². The van der Waals surface area contributed by atoms with Crippen LogP contribution in [0.4, 0.5) is 0 Å². The van der Waals surface area contributed by atoms with E-state index in [1.54, 1.807) is 13.0 Å². The van der Waals surface area contributed by atoms with Crippen molar-refractivity contribution in [3.05, 3.63) is 41.5 Å². The van der Waals surface area contributed by atoms with Gasteiger partial charge in [0.1, 0.15) is 0 Å². The van der Waals surface area contributed by atoms with Crippen LogP contribution in [-0.2, 0) is 4.79 Å². The minimum atomic E-state index is -0.404. The van der Waals surface area contributed by atoms with Gasteiger partial charge >= 0.3 is 0 Å². The fraction of sp³-hybridized carbons (Fsp3) is 0.100. The van der Waals surface area contributed by atoms with Gasteiger partial charge in [0.25, 0.3) is 0 Å². The summed E-state index contributed by atoms with van der Waals surface area (Å²) in [6.45, 7) is 1.70. The van der Waals surface area contributed by atoms with E-state index in [0.717, 1.165) is 5.56 Å². The molecule has 0 radical (unpaired) electrons. The lowest BCUT2D eigenvalue weighted by atomic mass is 10.1. The van der Waals surface area contributed by atoms with Crippen molar-refractivity contribution in [1.82, 2.24) is 0 Å². The molecule has 0 aliphatic carbocycles. The molecule has 0 bridgehead atoms. The third kappa shape index (κ3) is 2.51. The van der Waals surface area contributed by atoms with Gasteiger partial charge in [-0.2, -0.15) is 0 Å². The van der Waals surface area contributed by atoms with Crippen molar-refractivity contribution in [1.29, 1.82) is 0 Å². The second-order valence-corrected chi connectivity index (χ2v) is 2.86. The molecule has 0 saturated carbocycles. The Morgan fingerprint density at radius 3 is 2.42 bits per heavy atom. The Kier molecular flexibility index (Phi) is 3.06. The van der Waals surface area contributed by atoms with Crippen molar-refractivity contribution in [2.24, 2.45) is 0 Å². The number of benzene rings is 1. The van der Waals surface area contributed by atoms with E-state index in [9.17, 15) is 4.79 Å². The van der Waals surface area contributed by atoms with Crippen molar-refractivity contribution >= 4 is 22.9 Å². The maximum absolute atomic E-state index is 10.6. The molecule has 0 saturated heterocycles. The summed E-state index contributed by atoms with van der Waals surface area (Å²) in [5, 5.41) is -0.404. The number of hydrogen-bond donors (Lipinski definition) is 0. The minimum Gasteiger partial charge on any atom is -0.276 e. The second kappa shape index (κ2) is 4.07. The molecule has 0 atom stereocenters. The molecule has 1 nitrogen and oxygen atoms in total. The van der Waals surface area contributed by atoms with Gasteiger partial charge in [-0.05, 0) is 30.2 Å². The largest absolute Gasteiger partial charge is 0.276 e. The fourth-order valence-corrected chi connectivity index (χ4v) is 0.911. The summed E-state index contributed by atoms with van der Waals surface area (Å²) in [5.41, 5.74) is 1.55. The Balaban J connectivity index is 2.89. The first kappa shape index (κ1) is 9.01. The summed E-state index contributed by atoms with van der Waals surface area (Å²) >= 11 is 5.27. The van der Waals surface area contributed by atoms with E-state index < -0.39 is 5.24 Å². The predicted molar refractivity (Wildman–Crippen MR) is 51.0 cm³/mol. The molecule has 2 heteroatoms. The average molecular weight is 181 g/mol. The molecule has 62 valence electrons. The number of rotatable bonds is 2. The van der Waals surface area contributed by atoms with E-state index >= 15 is 0 Å². The monoisotopic (exact) mass is 180 g/mol. The maximum atomic E-state index is 10.6. The van der Waals surface area contributed by atoms with Gasteiger partial charge in [-0.15, -0.1) is 0 Å². The number of carbonyl (C=O) groups excluding carboxylic acids is 1. The van der Waals surface area contributed by atoms with Gasteiger partial charge in [0.15, 0.2) is 0 Å². The third-order valence-electron chi connectivity index (χ3n) is 1.49. The topological polar surface area (TPSA) is 17.1 Å². The van der Waals surface area contributed by atoms with Gasteiger partial charge in [0.2, 0.25) is 5.24 Å². The molecule has 0 aliphatic heterocycles. The lowest BCUT2D eigenvalue weighted by Gasteiger charge is -1.93. The zero-order chi connectivity index (χ0) is 8.97. The van der Waals surface area contributed by atoms with Crippen LogP contribution in [0, 0.1) is 0 Å². The third-order valence-corrected chi connectivity index (χ3v) is 1.79. The van der Waals surface area contributed by atoms with Gasteiger partial charge in [0.05, 0.1) is 0 Å². The highest BCUT2D eigenvalue weighted by molar-refractivity contribution is 6.68. The van der Waals surface area contributed by atoms with Crippen molar-refractivity contribution in [3.8, 4) is 0 Å². The van der Waals surface area contributed by atoms with Crippen LogP contribution in [0.2, 0.25) is 0 Å². The summed E-state index contributed by atoms with van der Waals surface area (Å²) < 4.78 is 0. The van der Waals surface area contributed by atoms with Crippen LogP contribution in [0.5, 0.6) is 0 Å². The number of halogens is 1. The highest BCUT2D eigenvalue weighted by Crippen LogP contribution is 2.07. The molecule has 1 rings (SSSR count). The van der Waals surface area contributed by atoms with E-state index in [1.807, 2.05) is 30.3 Å². The minimum absolute atomic E-state index is 0.404. The molecule has 0 spiro atoms. The van der Waals surface area contributed by atoms with Crippen molar-refractivity contribution in [3.63, 3.8) is 0 Å². The molecule has 0 aliphatic rings. The van der Waals surface area contributed by atoms with E-state index in [0.29, 0.717) is 5.57 Å². The van der Waals surface area contributed by atoms with Crippen LogP contribution in [0.1, 0.15) is 12.5 Å². The lowest BCUT2D eigenvalue weighted by molar-refractivity contribution is -0.108. The lowest BCUT2D eigenvalue weighted by Crippen LogP contribution is -1.86. The summed E-state index contributed by atoms with van der Waals surface area (Å²) in [6.07, 6.45) is 1.76. The van der Waals surface area contributed by atoms with Crippen LogP contribution in [0.3, 0.4) is 0 Å². The molecule has 0 N–H and O–H groups in total. The quantitative estimate of drug-likeness (QED) is 0.505. The first-order valence-corrected chi connectivity index (χ1v) is 4.01. The first-order chi connectivity index (χ1) is 5.70. The molecule has 1 aromatic carbocycles. The molecular weight excluding hydrogens is 172 g/mol. The van der Waals surface area contributed by atoms with Gasteiger partial charge < -0.3 is 0 Å². The molecule has 0 aromatic heterocycles. The molecular formula is C10H9ClO. The normalized spacial score (nSPS) is 11.3. The number of hydrogen-bond acceptors (Lipinski definition) is 1. The maximum Gasteiger partial charge on any atom is 0.248 e. The summed E-state index contributed by atoms with van der Waals surface area (Å²) in [6, 6.07) is 9.59. The average Bonchev–Trinajstić information content (AvgIpc) is 2.06. The second-order valence-electron chi connectivity index (χ2n) is 2.51. The molecule has 12 heavy (non-hydrogen) atoms. The summed E-state index contributed by atoms with van der Waals surface area (Å²) in [5.74, 6) is 0. The van der Waals surface area contributed by atoms with Gasteiger partial charge in [-0.1, -0.05) is 30.3 Å². The van der Waals surface area contributed by atoms with Crippen LogP contribution < -0.4 is 0 Å². The highest BCUT2D eigenvalue weighted by Gasteiger charge is 1.97. The highest BCUT2D eigenvalue weighted by atomic mass is 35.5. The van der Waals surface area contributed by atoms with E-state index in [2.05, 4.69) is 0 Å². The predicted octanol–water partition coefficient (Wildman–Crippen LogP) is 2.86. The summed E-state index contributed by atoms with van der Waals surface area (Å²) in [4.78, 5) is 10.6. The van der Waals surface area contributed by atoms with E-state index in [-0.39, 0.29) is 0 Å². The zero-order valence-electron chi connectivity index (χ0n) is 6.75. The number of allylic oxidation sites excluding steroid dienone is 1. The number of carbonyl (C=O) groups is 1. The molecule has 0 fully saturated rings. The Morgan fingerprint density at radius 1 is 1.33 bits per heavy atom. The smallest absolute Gasteiger partial charge is 0.248 e. The Morgan fingerprint density at radius 2 is 1.92 bits per heavy atom. The van der Waals surface area contributed by atoms with E-state index in [4.69, 9.17) is 11.6 Å². The van der Waals surface area contributed by atoms with Crippen LogP contribution in [0.25, 0.3) is 6.08 Å². The Labute approximate surface area is 76.7 Å². The van der Waals surface area contributed by atoms with Gasteiger partial charge in [-0.3, -0.25) is 4.79 Å². The van der Waals surface area contributed by atoms with Crippen molar-refractivity contribution < 1.29 is 4.79 Å². The van der Waals surface area contributed by atoms with Crippen LogP contribution in [-0.4, -0.2) is 5.24 Å². The van der Waals surface area contributed by atoms with Crippen LogP contribution >= 0.6 is 11.6 Å². The zero-order valence-corrected chi connectivity index (χ0v) is 7.51. The van der Waals surface area contributed by atoms with Crippen molar-refractivity contribution in [2.75, 3.05) is 0 Å². The van der Waals surface area contributed by atoms with Crippen molar-refractivity contribution in [2.45, 2.75) is 6.92 Å². The SMILES string of the molecule is C/C(=C/c1ccccc1)C(=O)Cl. The molecule has 0 amide bonds. The van der Waals surface area contributed by atoms with Gasteiger partial charge in [-0.25, -0.2) is 0 Å². The Bertz CT molecular complexity index is 301. The Hall–Kier alpha value is -1.08. The van der Waals surface area contributed by atoms with E-state index in [1.165, 1.54) is 0 Å². The molecule has 0 unspecified atom stereocenters. The van der Waals surface area contributed by atoms with Gasteiger partial charge in [0, 0.05) is 5.57 Å². The molecule has 1 aromatic rings. The molecule has 0 heterocycles. The fourth-order valence-electron chi connectivity index (χ4n) is 0.856. The standard InChI is InChI=1S/C10H9ClO/c1-8(10(11)12)7-9-5-3-2-4-6-9/h2-7H,1H3/b8-7-. The first-order valence-electron chi connectivity index (χ1n) is 3.63. The summed E-state index contributed by atoms with van der Waals surface area (Å²) in [7, 11) is 0.